The summed E-state index contributed by atoms with van der Waals surface area (Å²) in [7, 11) is 0. The quantitative estimate of drug-likeness (QED) is 0.776. The number of nitrogens with zero attached hydrogens (tertiary/aromatic N) is 1. The third-order valence-corrected chi connectivity index (χ3v) is 4.69. The highest BCUT2D eigenvalue weighted by Gasteiger charge is 2.21. The average molecular weight is 350 g/mol. The first-order valence-corrected chi connectivity index (χ1v) is 8.92. The number of ether oxygens (including phenoxy) is 2. The van der Waals surface area contributed by atoms with Gasteiger partial charge in [-0.15, -0.1) is 0 Å². The summed E-state index contributed by atoms with van der Waals surface area (Å²) >= 11 is 0. The van der Waals surface area contributed by atoms with Gasteiger partial charge in [-0.3, -0.25) is 4.79 Å². The van der Waals surface area contributed by atoms with Crippen LogP contribution < -0.4 is 9.47 Å². The molecule has 2 aromatic carbocycles. The Bertz CT molecular complexity index is 961. The lowest BCUT2D eigenvalue weighted by Gasteiger charge is -2.25. The van der Waals surface area contributed by atoms with Gasteiger partial charge in [0, 0.05) is 29.6 Å². The molecule has 0 aliphatic carbocycles. The van der Waals surface area contributed by atoms with Crippen LogP contribution in [-0.4, -0.2) is 35.5 Å². The van der Waals surface area contributed by atoms with Crippen LogP contribution in [0.2, 0.25) is 0 Å². The Hall–Kier alpha value is -2.95. The van der Waals surface area contributed by atoms with E-state index >= 15 is 0 Å². The fourth-order valence-electron chi connectivity index (χ4n) is 3.32. The summed E-state index contributed by atoms with van der Waals surface area (Å²) in [6.45, 7) is 6.21. The Morgan fingerprint density at radius 2 is 2.00 bits per heavy atom. The smallest absolute Gasteiger partial charge is 0.270 e. The van der Waals surface area contributed by atoms with Gasteiger partial charge in [0.25, 0.3) is 5.91 Å². The second kappa shape index (κ2) is 6.75. The summed E-state index contributed by atoms with van der Waals surface area (Å²) in [5, 5.41) is 1.05. The molecule has 134 valence electrons. The van der Waals surface area contributed by atoms with Crippen molar-refractivity contribution in [2.24, 2.45) is 0 Å². The molecule has 0 bridgehead atoms. The summed E-state index contributed by atoms with van der Waals surface area (Å²) in [5.74, 6) is 1.48. The van der Waals surface area contributed by atoms with E-state index < -0.39 is 0 Å². The Kier molecular flexibility index (Phi) is 4.29. The number of para-hydroxylation sites is 1. The lowest BCUT2D eigenvalue weighted by molar-refractivity contribution is 0.0744. The molecule has 0 atom stereocenters. The van der Waals surface area contributed by atoms with Gasteiger partial charge in [0.15, 0.2) is 11.5 Å². The molecule has 0 radical (unpaired) electrons. The van der Waals surface area contributed by atoms with Crippen LogP contribution in [0.4, 0.5) is 0 Å². The molecule has 26 heavy (non-hydrogen) atoms. The van der Waals surface area contributed by atoms with E-state index in [1.54, 1.807) is 0 Å². The highest BCUT2D eigenvalue weighted by molar-refractivity contribution is 5.98. The first-order chi connectivity index (χ1) is 12.7. The van der Waals surface area contributed by atoms with Gasteiger partial charge in [0.1, 0.15) is 18.9 Å². The van der Waals surface area contributed by atoms with Gasteiger partial charge in [-0.25, -0.2) is 0 Å². The molecule has 5 nitrogen and oxygen atoms in total. The van der Waals surface area contributed by atoms with Gasteiger partial charge in [0.05, 0.1) is 0 Å². The molecule has 1 N–H and O–H groups in total. The molecule has 0 saturated carbocycles. The highest BCUT2D eigenvalue weighted by Crippen LogP contribution is 2.34. The van der Waals surface area contributed by atoms with E-state index in [0.717, 1.165) is 28.0 Å². The molecule has 0 saturated heterocycles. The largest absolute Gasteiger partial charge is 0.486 e. The third-order valence-electron chi connectivity index (χ3n) is 4.69. The number of benzene rings is 2. The molecule has 1 aliphatic rings. The minimum atomic E-state index is -0.0179. The Morgan fingerprint density at radius 1 is 1.15 bits per heavy atom. The van der Waals surface area contributed by atoms with E-state index in [-0.39, 0.29) is 5.91 Å². The fourth-order valence-corrected chi connectivity index (χ4v) is 3.32. The van der Waals surface area contributed by atoms with Gasteiger partial charge < -0.3 is 19.4 Å². The number of rotatable bonds is 4. The molecule has 0 unspecified atom stereocenters. The zero-order valence-electron chi connectivity index (χ0n) is 15.0. The van der Waals surface area contributed by atoms with Crippen LogP contribution in [0.1, 0.15) is 28.5 Å². The lowest BCUT2D eigenvalue weighted by atomic mass is 10.1. The van der Waals surface area contributed by atoms with Crippen LogP contribution in [0.5, 0.6) is 11.5 Å². The molecule has 4 rings (SSSR count). The number of hydrogen-bond acceptors (Lipinski definition) is 3. The molecule has 0 fully saturated rings. The van der Waals surface area contributed by atoms with Gasteiger partial charge >= 0.3 is 0 Å². The van der Waals surface area contributed by atoms with Crippen molar-refractivity contribution in [2.75, 3.05) is 19.8 Å². The number of aromatic amines is 1. The maximum absolute atomic E-state index is 13.0. The minimum Gasteiger partial charge on any atom is -0.486 e. The first kappa shape index (κ1) is 16.5. The van der Waals surface area contributed by atoms with Crippen LogP contribution in [-0.2, 0) is 6.54 Å². The number of fused-ring (bicyclic) bond motifs is 2. The molecule has 3 aromatic rings. The molecule has 1 aromatic heterocycles. The molecule has 5 heteroatoms. The van der Waals surface area contributed by atoms with E-state index in [9.17, 15) is 4.79 Å². The number of hydrogen-bond donors (Lipinski definition) is 1. The number of aryl methyl sites for hydroxylation is 1. The Morgan fingerprint density at radius 3 is 2.85 bits per heavy atom. The Balaban J connectivity index is 1.61. The van der Waals surface area contributed by atoms with Crippen molar-refractivity contribution in [1.29, 1.82) is 0 Å². The highest BCUT2D eigenvalue weighted by atomic mass is 16.6. The Labute approximate surface area is 152 Å². The third kappa shape index (κ3) is 3.01. The van der Waals surface area contributed by atoms with Crippen molar-refractivity contribution < 1.29 is 14.3 Å². The van der Waals surface area contributed by atoms with Crippen molar-refractivity contribution in [3.05, 3.63) is 59.3 Å². The minimum absolute atomic E-state index is 0.0179. The topological polar surface area (TPSA) is 54.6 Å². The van der Waals surface area contributed by atoms with E-state index in [1.807, 2.05) is 49.1 Å². The van der Waals surface area contributed by atoms with Crippen LogP contribution >= 0.6 is 0 Å². The SMILES string of the molecule is CCN(Cc1cccc2c1OCCO2)C(=O)c1cc2ccc(C)cc2[nH]1. The standard InChI is InChI=1S/C21H22N2O3/c1-3-23(13-16-5-4-6-19-20(16)26-10-9-25-19)21(24)18-12-15-8-7-14(2)11-17(15)22-18/h4-8,11-12,22H,3,9-10,13H2,1-2H3. The van der Waals surface area contributed by atoms with Gasteiger partial charge in [0.2, 0.25) is 0 Å². The predicted octanol–water partition coefficient (Wildman–Crippen LogP) is 3.91. The van der Waals surface area contributed by atoms with E-state index in [1.165, 1.54) is 5.56 Å². The van der Waals surface area contributed by atoms with Crippen LogP contribution in [0.25, 0.3) is 10.9 Å². The summed E-state index contributed by atoms with van der Waals surface area (Å²) < 4.78 is 11.4. The van der Waals surface area contributed by atoms with E-state index in [2.05, 4.69) is 17.1 Å². The first-order valence-electron chi connectivity index (χ1n) is 8.92. The van der Waals surface area contributed by atoms with Crippen molar-refractivity contribution in [3.63, 3.8) is 0 Å². The van der Waals surface area contributed by atoms with Gasteiger partial charge in [-0.2, -0.15) is 0 Å². The van der Waals surface area contributed by atoms with Crippen LogP contribution in [0.3, 0.4) is 0 Å². The van der Waals surface area contributed by atoms with Crippen LogP contribution in [0.15, 0.2) is 42.5 Å². The molecular formula is C21H22N2O3. The maximum atomic E-state index is 13.0. The second-order valence-corrected chi connectivity index (χ2v) is 6.53. The van der Waals surface area contributed by atoms with Crippen LogP contribution in [0, 0.1) is 6.92 Å². The summed E-state index contributed by atoms with van der Waals surface area (Å²) in [6, 6.07) is 13.9. The lowest BCUT2D eigenvalue weighted by Crippen LogP contribution is -2.31. The monoisotopic (exact) mass is 350 g/mol. The summed E-state index contributed by atoms with van der Waals surface area (Å²) in [5.41, 5.74) is 3.72. The predicted molar refractivity (Wildman–Crippen MR) is 101 cm³/mol. The maximum Gasteiger partial charge on any atom is 0.270 e. The van der Waals surface area contributed by atoms with Gasteiger partial charge in [-0.1, -0.05) is 24.3 Å². The fraction of sp³-hybridized carbons (Fsp3) is 0.286. The van der Waals surface area contributed by atoms with Crippen molar-refractivity contribution >= 4 is 16.8 Å². The van der Waals surface area contributed by atoms with Crippen molar-refractivity contribution in [2.45, 2.75) is 20.4 Å². The molecular weight excluding hydrogens is 328 g/mol. The van der Waals surface area contributed by atoms with Gasteiger partial charge in [-0.05, 0) is 37.6 Å². The molecule has 2 heterocycles. The number of H-pyrrole nitrogens is 1. The zero-order valence-corrected chi connectivity index (χ0v) is 15.0. The van der Waals surface area contributed by atoms with E-state index in [4.69, 9.17) is 9.47 Å². The average Bonchev–Trinajstić information content (AvgIpc) is 3.08. The van der Waals surface area contributed by atoms with Crippen molar-refractivity contribution in [3.8, 4) is 11.5 Å². The number of amides is 1. The number of nitrogens with one attached hydrogen (secondary N) is 1. The molecule has 1 aliphatic heterocycles. The van der Waals surface area contributed by atoms with Crippen molar-refractivity contribution in [1.82, 2.24) is 9.88 Å². The summed E-state index contributed by atoms with van der Waals surface area (Å²) in [6.07, 6.45) is 0. The number of carbonyl (C=O) groups is 1. The number of aromatic nitrogens is 1. The summed E-state index contributed by atoms with van der Waals surface area (Å²) in [4.78, 5) is 18.1. The molecule has 1 amide bonds. The normalized spacial score (nSPS) is 13.0. The second-order valence-electron chi connectivity index (χ2n) is 6.53. The molecule has 0 spiro atoms. The van der Waals surface area contributed by atoms with E-state index in [0.29, 0.717) is 32.0 Å². The number of carbonyl (C=O) groups excluding carboxylic acids is 1. The zero-order chi connectivity index (χ0) is 18.1.